The van der Waals surface area contributed by atoms with Crippen molar-refractivity contribution < 1.29 is 19.1 Å². The third kappa shape index (κ3) is 4.44. The minimum atomic E-state index is -0.592. The van der Waals surface area contributed by atoms with Gasteiger partial charge in [-0.05, 0) is 43.0 Å². The fourth-order valence-corrected chi connectivity index (χ4v) is 4.49. The SMILES string of the molecule is C[C@H]1CCCC[C@H]1NC(=O)COC(=O)[C@@H]1CCCN1C(=O)c1cccs1. The Morgan fingerprint density at radius 1 is 1.23 bits per heavy atom. The summed E-state index contributed by atoms with van der Waals surface area (Å²) in [5.41, 5.74) is 0. The molecule has 6 nitrogen and oxygen atoms in total. The molecule has 7 heteroatoms. The van der Waals surface area contributed by atoms with Gasteiger partial charge in [0.1, 0.15) is 6.04 Å². The first-order valence-electron chi connectivity index (χ1n) is 9.36. The number of nitrogens with zero attached hydrogens (tertiary/aromatic N) is 1. The minimum absolute atomic E-state index is 0.139. The Balaban J connectivity index is 1.49. The summed E-state index contributed by atoms with van der Waals surface area (Å²) in [6.07, 6.45) is 5.77. The van der Waals surface area contributed by atoms with Gasteiger partial charge in [-0.2, -0.15) is 0 Å². The fraction of sp³-hybridized carbons (Fsp3) is 0.632. The summed E-state index contributed by atoms with van der Waals surface area (Å²) < 4.78 is 5.22. The minimum Gasteiger partial charge on any atom is -0.454 e. The highest BCUT2D eigenvalue weighted by molar-refractivity contribution is 7.12. The summed E-state index contributed by atoms with van der Waals surface area (Å²) in [5.74, 6) is -0.428. The lowest BCUT2D eigenvalue weighted by Gasteiger charge is -2.29. The van der Waals surface area contributed by atoms with Gasteiger partial charge in [-0.1, -0.05) is 25.8 Å². The molecular formula is C19H26N2O4S. The van der Waals surface area contributed by atoms with Crippen LogP contribution in [-0.2, 0) is 14.3 Å². The van der Waals surface area contributed by atoms with Crippen LogP contribution in [0, 0.1) is 5.92 Å². The van der Waals surface area contributed by atoms with Crippen molar-refractivity contribution in [3.8, 4) is 0 Å². The maximum absolute atomic E-state index is 12.5. The fourth-order valence-electron chi connectivity index (χ4n) is 3.81. The zero-order valence-electron chi connectivity index (χ0n) is 15.1. The zero-order chi connectivity index (χ0) is 18.5. The largest absolute Gasteiger partial charge is 0.454 e. The van der Waals surface area contributed by atoms with Gasteiger partial charge in [0.05, 0.1) is 4.88 Å². The number of carbonyl (C=O) groups excluding carboxylic acids is 3. The van der Waals surface area contributed by atoms with Crippen molar-refractivity contribution in [2.45, 2.75) is 57.5 Å². The van der Waals surface area contributed by atoms with E-state index in [0.29, 0.717) is 23.8 Å². The summed E-state index contributed by atoms with van der Waals surface area (Å²) in [4.78, 5) is 39.2. The van der Waals surface area contributed by atoms with Crippen LogP contribution in [0.3, 0.4) is 0 Å². The van der Waals surface area contributed by atoms with Crippen LogP contribution in [0.1, 0.15) is 55.1 Å². The molecule has 2 aliphatic rings. The van der Waals surface area contributed by atoms with Crippen LogP contribution in [0.15, 0.2) is 17.5 Å². The van der Waals surface area contributed by atoms with Gasteiger partial charge in [-0.25, -0.2) is 4.79 Å². The van der Waals surface area contributed by atoms with Crippen LogP contribution in [0.4, 0.5) is 0 Å². The number of hydrogen-bond acceptors (Lipinski definition) is 5. The zero-order valence-corrected chi connectivity index (χ0v) is 15.9. The predicted molar refractivity (Wildman–Crippen MR) is 98.9 cm³/mol. The Kier molecular flexibility index (Phi) is 6.29. The first-order chi connectivity index (χ1) is 12.6. The maximum atomic E-state index is 12.5. The average molecular weight is 378 g/mol. The number of rotatable bonds is 5. The molecule has 2 heterocycles. The van der Waals surface area contributed by atoms with Gasteiger partial charge >= 0.3 is 5.97 Å². The predicted octanol–water partition coefficient (Wildman–Crippen LogP) is 2.59. The molecule has 3 rings (SSSR count). The van der Waals surface area contributed by atoms with E-state index in [1.807, 2.05) is 11.4 Å². The number of ether oxygens (including phenoxy) is 1. The topological polar surface area (TPSA) is 75.7 Å². The second-order valence-electron chi connectivity index (χ2n) is 7.18. The van der Waals surface area contributed by atoms with Crippen LogP contribution in [0.2, 0.25) is 0 Å². The van der Waals surface area contributed by atoms with Gasteiger partial charge in [-0.3, -0.25) is 9.59 Å². The van der Waals surface area contributed by atoms with Crippen molar-refractivity contribution in [1.82, 2.24) is 10.2 Å². The van der Waals surface area contributed by atoms with Gasteiger partial charge in [-0.15, -0.1) is 11.3 Å². The van der Waals surface area contributed by atoms with Crippen LogP contribution < -0.4 is 5.32 Å². The van der Waals surface area contributed by atoms with Crippen molar-refractivity contribution in [3.63, 3.8) is 0 Å². The van der Waals surface area contributed by atoms with Crippen LogP contribution >= 0.6 is 11.3 Å². The molecule has 1 aliphatic carbocycles. The number of nitrogens with one attached hydrogen (secondary N) is 1. The molecule has 0 spiro atoms. The van der Waals surface area contributed by atoms with E-state index in [4.69, 9.17) is 4.74 Å². The highest BCUT2D eigenvalue weighted by Gasteiger charge is 2.36. The second kappa shape index (κ2) is 8.66. The van der Waals surface area contributed by atoms with Crippen LogP contribution in [0.5, 0.6) is 0 Å². The van der Waals surface area contributed by atoms with E-state index in [1.165, 1.54) is 17.8 Å². The lowest BCUT2D eigenvalue weighted by atomic mass is 9.86. The lowest BCUT2D eigenvalue weighted by Crippen LogP contribution is -2.45. The third-order valence-corrected chi connectivity index (χ3v) is 6.18. The van der Waals surface area contributed by atoms with Gasteiger partial charge in [0.2, 0.25) is 0 Å². The monoisotopic (exact) mass is 378 g/mol. The van der Waals surface area contributed by atoms with E-state index in [-0.39, 0.29) is 24.5 Å². The number of amides is 2. The number of likely N-dealkylation sites (tertiary alicyclic amines) is 1. The molecule has 0 bridgehead atoms. The Labute approximate surface area is 157 Å². The van der Waals surface area contributed by atoms with E-state index >= 15 is 0 Å². The highest BCUT2D eigenvalue weighted by atomic mass is 32.1. The van der Waals surface area contributed by atoms with Crippen molar-refractivity contribution in [3.05, 3.63) is 22.4 Å². The number of esters is 1. The third-order valence-electron chi connectivity index (χ3n) is 5.32. The molecule has 1 saturated carbocycles. The molecule has 1 saturated heterocycles. The summed E-state index contributed by atoms with van der Waals surface area (Å²) in [7, 11) is 0. The summed E-state index contributed by atoms with van der Waals surface area (Å²) >= 11 is 1.36. The Morgan fingerprint density at radius 2 is 2.04 bits per heavy atom. The Morgan fingerprint density at radius 3 is 2.77 bits per heavy atom. The molecule has 2 fully saturated rings. The summed E-state index contributed by atoms with van der Waals surface area (Å²) in [6.45, 7) is 2.41. The van der Waals surface area contributed by atoms with Gasteiger partial charge in [0.15, 0.2) is 6.61 Å². The molecule has 0 aromatic carbocycles. The quantitative estimate of drug-likeness (QED) is 0.799. The molecule has 1 aliphatic heterocycles. The van der Waals surface area contributed by atoms with Gasteiger partial charge in [0.25, 0.3) is 11.8 Å². The molecule has 1 N–H and O–H groups in total. The van der Waals surface area contributed by atoms with Crippen molar-refractivity contribution >= 4 is 29.1 Å². The van der Waals surface area contributed by atoms with Crippen LogP contribution in [-0.4, -0.2) is 47.9 Å². The maximum Gasteiger partial charge on any atom is 0.329 e. The van der Waals surface area contributed by atoms with Crippen LogP contribution in [0.25, 0.3) is 0 Å². The summed E-state index contributed by atoms with van der Waals surface area (Å²) in [5, 5.41) is 4.82. The number of hydrogen-bond donors (Lipinski definition) is 1. The number of thiophene rings is 1. The summed E-state index contributed by atoms with van der Waals surface area (Å²) in [6, 6.07) is 3.15. The Bertz CT molecular complexity index is 646. The van der Waals surface area contributed by atoms with E-state index in [0.717, 1.165) is 25.7 Å². The van der Waals surface area contributed by atoms with E-state index in [9.17, 15) is 14.4 Å². The lowest BCUT2D eigenvalue weighted by molar-refractivity contribution is -0.152. The van der Waals surface area contributed by atoms with Gasteiger partial charge in [0, 0.05) is 12.6 Å². The molecule has 142 valence electrons. The smallest absolute Gasteiger partial charge is 0.329 e. The first-order valence-corrected chi connectivity index (χ1v) is 10.2. The number of carbonyl (C=O) groups is 3. The van der Waals surface area contributed by atoms with Crippen molar-refractivity contribution in [2.24, 2.45) is 5.92 Å². The molecule has 2 amide bonds. The molecule has 26 heavy (non-hydrogen) atoms. The first kappa shape index (κ1) is 18.9. The van der Waals surface area contributed by atoms with Crippen molar-refractivity contribution in [1.29, 1.82) is 0 Å². The molecule has 3 atom stereocenters. The molecule has 0 unspecified atom stereocenters. The Hall–Kier alpha value is -1.89. The second-order valence-corrected chi connectivity index (χ2v) is 8.13. The normalized spacial score (nSPS) is 25.7. The van der Waals surface area contributed by atoms with E-state index in [2.05, 4.69) is 12.2 Å². The van der Waals surface area contributed by atoms with Crippen molar-refractivity contribution in [2.75, 3.05) is 13.2 Å². The molecule has 1 aromatic rings. The molecule has 0 radical (unpaired) electrons. The van der Waals surface area contributed by atoms with Gasteiger partial charge < -0.3 is 15.0 Å². The molecule has 1 aromatic heterocycles. The average Bonchev–Trinajstić information content (AvgIpc) is 3.33. The standard InChI is InChI=1S/C19H26N2O4S/c1-13-6-2-3-7-14(13)20-17(22)12-25-19(24)15-8-4-10-21(15)18(23)16-9-5-11-26-16/h5,9,11,13-15H,2-4,6-8,10,12H2,1H3,(H,20,22)/t13-,14+,15-/m0/s1. The van der Waals surface area contributed by atoms with E-state index < -0.39 is 12.0 Å². The highest BCUT2D eigenvalue weighted by Crippen LogP contribution is 2.24. The van der Waals surface area contributed by atoms with E-state index in [1.54, 1.807) is 11.0 Å². The molecular weight excluding hydrogens is 352 g/mol.